The molecule has 0 aliphatic carbocycles. The van der Waals surface area contributed by atoms with Crippen LogP contribution in [0.5, 0.6) is 5.75 Å². The molecule has 7 aromatic carbocycles. The van der Waals surface area contributed by atoms with Gasteiger partial charge in [0.15, 0.2) is 0 Å². The highest BCUT2D eigenvalue weighted by molar-refractivity contribution is 5.97. The zero-order chi connectivity index (χ0) is 50.8. The second kappa shape index (κ2) is 16.8. The summed E-state index contributed by atoms with van der Waals surface area (Å²) in [4.78, 5) is 10.3. The van der Waals surface area contributed by atoms with Crippen LogP contribution in [0.25, 0.3) is 89.3 Å². The number of hydrogen-bond donors (Lipinski definition) is 0. The molecule has 0 bridgehead atoms. The third kappa shape index (κ3) is 8.54. The van der Waals surface area contributed by atoms with Gasteiger partial charge in [-0.3, -0.25) is 4.98 Å². The zero-order valence-electron chi connectivity index (χ0n) is 44.8. The first-order chi connectivity index (χ1) is 33.5. The Hall–Kier alpha value is -7.04. The summed E-state index contributed by atoms with van der Waals surface area (Å²) in [6, 6.07) is 50.5. The van der Waals surface area contributed by atoms with Crippen molar-refractivity contribution in [2.75, 3.05) is 7.11 Å². The predicted octanol–water partition coefficient (Wildman–Crippen LogP) is 16.2. The molecule has 2 heterocycles. The molecule has 9 rings (SSSR count). The second-order valence-corrected chi connectivity index (χ2v) is 19.3. The molecule has 9 aromatic rings. The van der Waals surface area contributed by atoms with Gasteiger partial charge >= 0.3 is 0 Å². The largest absolute Gasteiger partial charge is 0.496 e. The number of rotatable bonds is 8. The van der Waals surface area contributed by atoms with Crippen molar-refractivity contribution in [3.8, 4) is 84.0 Å². The van der Waals surface area contributed by atoms with Crippen molar-refractivity contribution in [2.24, 2.45) is 7.05 Å². The second-order valence-electron chi connectivity index (χ2n) is 19.3. The van der Waals surface area contributed by atoms with Gasteiger partial charge in [-0.25, -0.2) is 4.98 Å². The Bertz CT molecular complexity index is 3430. The van der Waals surface area contributed by atoms with Gasteiger partial charge in [0.1, 0.15) is 11.6 Å². The zero-order valence-corrected chi connectivity index (χ0v) is 38.8. The minimum absolute atomic E-state index is 0.0999. The summed E-state index contributed by atoms with van der Waals surface area (Å²) in [5.74, 6) is 1.33. The molecule has 0 N–H and O–H groups in total. The van der Waals surface area contributed by atoms with Crippen molar-refractivity contribution < 1.29 is 13.0 Å². The number of ether oxygens (including phenoxy) is 1. The number of nitrogens with zero attached hydrogens (tertiary/aromatic N) is 3. The summed E-state index contributed by atoms with van der Waals surface area (Å²) < 4.78 is 58.3. The van der Waals surface area contributed by atoms with Crippen LogP contribution in [-0.2, 0) is 17.9 Å². The van der Waals surface area contributed by atoms with Crippen LogP contribution in [0.15, 0.2) is 158 Å². The van der Waals surface area contributed by atoms with E-state index in [-0.39, 0.29) is 16.4 Å². The molecule has 0 unspecified atom stereocenters. The fraction of sp³-hybridized carbons (Fsp3) is 0.213. The van der Waals surface area contributed by atoms with Crippen LogP contribution in [-0.4, -0.2) is 21.6 Å². The molecule has 4 nitrogen and oxygen atoms in total. The lowest BCUT2D eigenvalue weighted by molar-refractivity contribution is 0.413. The Balaban J connectivity index is 1.17. The van der Waals surface area contributed by atoms with Crippen LogP contribution in [0.4, 0.5) is 0 Å². The fourth-order valence-electron chi connectivity index (χ4n) is 8.85. The molecule has 324 valence electrons. The Morgan fingerprint density at radius 2 is 1.14 bits per heavy atom. The number of fused-ring (bicyclic) bond motifs is 1. The molecule has 65 heavy (non-hydrogen) atoms. The molecular weight excluding hydrogens is 791 g/mol. The Morgan fingerprint density at radius 1 is 0.508 bits per heavy atom. The van der Waals surface area contributed by atoms with E-state index in [4.69, 9.17) is 22.9 Å². The first-order valence-electron chi connectivity index (χ1n) is 25.2. The lowest BCUT2D eigenvalue weighted by atomic mass is 9.78. The molecule has 0 atom stereocenters. The summed E-state index contributed by atoms with van der Waals surface area (Å²) >= 11 is 0. The highest BCUT2D eigenvalue weighted by Gasteiger charge is 2.23. The molecule has 0 radical (unpaired) electrons. The summed E-state index contributed by atoms with van der Waals surface area (Å²) in [6.07, 6.45) is 1.79. The Morgan fingerprint density at radius 3 is 1.83 bits per heavy atom. The Kier molecular flexibility index (Phi) is 9.40. The van der Waals surface area contributed by atoms with Gasteiger partial charge in [-0.15, -0.1) is 0 Å². The number of para-hydroxylation sites is 1. The van der Waals surface area contributed by atoms with Crippen molar-refractivity contribution in [3.05, 3.63) is 186 Å². The van der Waals surface area contributed by atoms with E-state index >= 15 is 0 Å². The first kappa shape index (κ1) is 36.3. The van der Waals surface area contributed by atoms with E-state index in [1.54, 1.807) is 25.4 Å². The van der Waals surface area contributed by atoms with Gasteiger partial charge in [0.2, 0.25) is 0 Å². The normalized spacial score (nSPS) is 13.7. The van der Waals surface area contributed by atoms with Gasteiger partial charge in [0.25, 0.3) is 0 Å². The molecule has 0 aliphatic heterocycles. The number of hydrogen-bond acceptors (Lipinski definition) is 3. The van der Waals surface area contributed by atoms with E-state index in [9.17, 15) is 0 Å². The van der Waals surface area contributed by atoms with E-state index < -0.39 is 13.7 Å². The van der Waals surface area contributed by atoms with E-state index in [1.807, 2.05) is 92.8 Å². The minimum Gasteiger partial charge on any atom is -0.496 e. The van der Waals surface area contributed by atoms with Crippen molar-refractivity contribution in [1.82, 2.24) is 14.5 Å². The molecule has 0 fully saturated rings. The number of aromatic nitrogens is 3. The fourth-order valence-corrected chi connectivity index (χ4v) is 8.85. The maximum absolute atomic E-state index is 8.85. The standard InChI is InChI=1S/C61H59N3O/c1-38-20-22-42(23-21-38)44-26-27-62-55(36-44)49-31-45(41-16-13-12-14-17-41)30-48(32-49)53-18-15-19-56-57(53)63-59(64(56)10)54-35-47(29-40(3)58(54)65-11)52-25-24-43(28-39(52)2)46-33-50(60(4,5)6)37-51(34-46)61(7,8)9/h12-37H,1-11H3/i1D3,2D3. The molecule has 0 aliphatic rings. The molecule has 0 saturated heterocycles. The maximum atomic E-state index is 8.85. The average Bonchev–Trinajstić information content (AvgIpc) is 3.68. The van der Waals surface area contributed by atoms with Gasteiger partial charge in [0.05, 0.1) is 29.4 Å². The van der Waals surface area contributed by atoms with E-state index in [2.05, 4.69) is 107 Å². The van der Waals surface area contributed by atoms with Crippen LogP contribution in [0.2, 0.25) is 0 Å². The first-order valence-corrected chi connectivity index (χ1v) is 22.2. The molecule has 2 aromatic heterocycles. The summed E-state index contributed by atoms with van der Waals surface area (Å²) in [5, 5.41) is 0. The van der Waals surface area contributed by atoms with Gasteiger partial charge in [-0.1, -0.05) is 150 Å². The number of methoxy groups -OCH3 is 1. The third-order valence-corrected chi connectivity index (χ3v) is 12.6. The van der Waals surface area contributed by atoms with Crippen molar-refractivity contribution in [1.29, 1.82) is 0 Å². The quantitative estimate of drug-likeness (QED) is 0.153. The molecule has 4 heteroatoms. The Labute approximate surface area is 394 Å². The third-order valence-electron chi connectivity index (χ3n) is 12.6. The number of imidazole rings is 1. The smallest absolute Gasteiger partial charge is 0.144 e. The van der Waals surface area contributed by atoms with Gasteiger partial charge in [0, 0.05) is 32.6 Å². The van der Waals surface area contributed by atoms with E-state index in [0.29, 0.717) is 22.7 Å². The van der Waals surface area contributed by atoms with Crippen LogP contribution in [0.1, 0.15) is 77.6 Å². The van der Waals surface area contributed by atoms with Crippen LogP contribution in [0.3, 0.4) is 0 Å². The lowest BCUT2D eigenvalue weighted by Gasteiger charge is -2.26. The van der Waals surface area contributed by atoms with Crippen LogP contribution >= 0.6 is 0 Å². The minimum atomic E-state index is -2.41. The van der Waals surface area contributed by atoms with Crippen LogP contribution < -0.4 is 4.74 Å². The summed E-state index contributed by atoms with van der Waals surface area (Å²) in [5.41, 5.74) is 16.7. The van der Waals surface area contributed by atoms with Gasteiger partial charge in [-0.05, 0) is 152 Å². The maximum Gasteiger partial charge on any atom is 0.144 e. The number of aryl methyl sites for hydroxylation is 4. The van der Waals surface area contributed by atoms with Gasteiger partial charge in [-0.2, -0.15) is 0 Å². The summed E-state index contributed by atoms with van der Waals surface area (Å²) in [7, 11) is 3.66. The highest BCUT2D eigenvalue weighted by atomic mass is 16.5. The lowest BCUT2D eigenvalue weighted by Crippen LogP contribution is -2.16. The monoisotopic (exact) mass is 856 g/mol. The number of pyridine rings is 1. The van der Waals surface area contributed by atoms with E-state index in [1.165, 1.54) is 11.1 Å². The molecular formula is C61H59N3O. The molecule has 0 spiro atoms. The van der Waals surface area contributed by atoms with E-state index in [0.717, 1.165) is 83.5 Å². The topological polar surface area (TPSA) is 39.9 Å². The molecule has 0 saturated carbocycles. The van der Waals surface area contributed by atoms with Crippen molar-refractivity contribution in [3.63, 3.8) is 0 Å². The predicted molar refractivity (Wildman–Crippen MR) is 275 cm³/mol. The average molecular weight is 856 g/mol. The van der Waals surface area contributed by atoms with Gasteiger partial charge < -0.3 is 9.30 Å². The summed E-state index contributed by atoms with van der Waals surface area (Å²) in [6.45, 7) is 10.6. The number of benzene rings is 7. The molecule has 0 amide bonds. The van der Waals surface area contributed by atoms with Crippen molar-refractivity contribution in [2.45, 2.75) is 73.0 Å². The highest BCUT2D eigenvalue weighted by Crippen LogP contribution is 2.43. The van der Waals surface area contributed by atoms with Crippen LogP contribution in [0, 0.1) is 20.6 Å². The van der Waals surface area contributed by atoms with Crippen molar-refractivity contribution >= 4 is 11.0 Å². The SMILES string of the molecule is [2H]C([2H])([2H])c1ccc(-c2ccnc(-c3cc(-c4ccccc4)cc(-c4cccc5c4nc(-c4cc(-c6ccc(-c7cc(C(C)(C)C)cc(C(C)(C)C)c7)cc6C([2H])([2H])[2H])cc(C)c4OC)n5C)c3)c2)cc1.